The minimum atomic E-state index is -0.306. The molecule has 130 valence electrons. The molecule has 0 bridgehead atoms. The van der Waals surface area contributed by atoms with Crippen LogP contribution in [0.25, 0.3) is 0 Å². The first-order valence-corrected chi connectivity index (χ1v) is 9.48. The molecular formula is C22H26N2O. The fraction of sp³-hybridized carbons (Fsp3) is 0.409. The molecular weight excluding hydrogens is 308 g/mol. The molecule has 2 N–H and O–H groups in total. The Hall–Kier alpha value is -2.29. The lowest BCUT2D eigenvalue weighted by atomic mass is 9.78. The Morgan fingerprint density at radius 2 is 1.76 bits per heavy atom. The number of piperidine rings is 1. The molecule has 2 aromatic carbocycles. The van der Waals surface area contributed by atoms with Crippen LogP contribution >= 0.6 is 0 Å². The predicted molar refractivity (Wildman–Crippen MR) is 102 cm³/mol. The molecule has 3 heteroatoms. The Morgan fingerprint density at radius 1 is 1.00 bits per heavy atom. The van der Waals surface area contributed by atoms with E-state index in [9.17, 15) is 4.79 Å². The second-order valence-corrected chi connectivity index (χ2v) is 7.39. The van der Waals surface area contributed by atoms with Crippen LogP contribution in [0.4, 0.5) is 5.69 Å². The minimum Gasteiger partial charge on any atom is -0.372 e. The molecule has 1 aliphatic heterocycles. The summed E-state index contributed by atoms with van der Waals surface area (Å²) in [4.78, 5) is 14.5. The number of carbonyl (C=O) groups excluding carboxylic acids is 1. The quantitative estimate of drug-likeness (QED) is 0.920. The molecule has 1 atom stereocenters. The minimum absolute atomic E-state index is 0.306. The number of amides is 1. The third-order valence-corrected chi connectivity index (χ3v) is 5.81. The van der Waals surface area contributed by atoms with E-state index in [-0.39, 0.29) is 5.91 Å². The maximum absolute atomic E-state index is 12.0. The van der Waals surface area contributed by atoms with Gasteiger partial charge in [-0.1, -0.05) is 24.3 Å². The molecule has 0 aromatic heterocycles. The summed E-state index contributed by atoms with van der Waals surface area (Å²) in [6, 6.07) is 14.9. The van der Waals surface area contributed by atoms with Crippen molar-refractivity contribution in [3.63, 3.8) is 0 Å². The van der Waals surface area contributed by atoms with Crippen LogP contribution in [0, 0.1) is 0 Å². The molecule has 1 aliphatic carbocycles. The zero-order valence-corrected chi connectivity index (χ0v) is 14.7. The van der Waals surface area contributed by atoms with E-state index in [1.54, 1.807) is 0 Å². The Bertz CT molecular complexity index is 777. The average molecular weight is 334 g/mol. The Morgan fingerprint density at radius 3 is 2.52 bits per heavy atom. The molecule has 25 heavy (non-hydrogen) atoms. The van der Waals surface area contributed by atoms with Gasteiger partial charge in [-0.3, -0.25) is 4.79 Å². The predicted octanol–water partition coefficient (Wildman–Crippen LogP) is 4.05. The van der Waals surface area contributed by atoms with Gasteiger partial charge in [0.15, 0.2) is 0 Å². The van der Waals surface area contributed by atoms with Crippen molar-refractivity contribution < 1.29 is 4.79 Å². The second-order valence-electron chi connectivity index (χ2n) is 7.39. The van der Waals surface area contributed by atoms with Crippen molar-refractivity contribution in [2.45, 2.75) is 44.4 Å². The molecule has 0 radical (unpaired) electrons. The third-order valence-electron chi connectivity index (χ3n) is 5.81. The summed E-state index contributed by atoms with van der Waals surface area (Å²) in [5.74, 6) is 0.0705. The molecule has 1 amide bonds. The van der Waals surface area contributed by atoms with E-state index < -0.39 is 0 Å². The van der Waals surface area contributed by atoms with Crippen molar-refractivity contribution >= 4 is 11.6 Å². The van der Waals surface area contributed by atoms with Crippen molar-refractivity contribution in [2.24, 2.45) is 5.73 Å². The number of aryl methyl sites for hydroxylation is 1. The third kappa shape index (κ3) is 3.28. The highest BCUT2D eigenvalue weighted by Gasteiger charge is 2.24. The summed E-state index contributed by atoms with van der Waals surface area (Å²) >= 11 is 0. The largest absolute Gasteiger partial charge is 0.372 e. The van der Waals surface area contributed by atoms with Crippen LogP contribution in [0.2, 0.25) is 0 Å². The van der Waals surface area contributed by atoms with E-state index in [0.717, 1.165) is 37.9 Å². The molecule has 0 spiro atoms. The number of benzene rings is 2. The summed E-state index contributed by atoms with van der Waals surface area (Å²) in [7, 11) is 0. The van der Waals surface area contributed by atoms with Gasteiger partial charge in [-0.25, -0.2) is 0 Å². The summed E-state index contributed by atoms with van der Waals surface area (Å²) < 4.78 is 0. The molecule has 1 fully saturated rings. The smallest absolute Gasteiger partial charge is 0.248 e. The Labute approximate surface area is 149 Å². The van der Waals surface area contributed by atoms with Crippen molar-refractivity contribution in [1.29, 1.82) is 0 Å². The van der Waals surface area contributed by atoms with Gasteiger partial charge in [0.2, 0.25) is 5.91 Å². The maximum atomic E-state index is 12.0. The molecule has 1 heterocycles. The van der Waals surface area contributed by atoms with Gasteiger partial charge in [0.05, 0.1) is 0 Å². The molecule has 0 saturated carbocycles. The van der Waals surface area contributed by atoms with Gasteiger partial charge in [0.1, 0.15) is 0 Å². The van der Waals surface area contributed by atoms with Gasteiger partial charge >= 0.3 is 0 Å². The Kier molecular flexibility index (Phi) is 4.48. The van der Waals surface area contributed by atoms with Crippen molar-refractivity contribution in [2.75, 3.05) is 18.0 Å². The van der Waals surface area contributed by atoms with Crippen LogP contribution in [-0.4, -0.2) is 19.0 Å². The zero-order valence-electron chi connectivity index (χ0n) is 14.7. The van der Waals surface area contributed by atoms with E-state index in [2.05, 4.69) is 41.3 Å². The van der Waals surface area contributed by atoms with Crippen LogP contribution in [0.1, 0.15) is 58.6 Å². The first kappa shape index (κ1) is 16.2. The first-order valence-electron chi connectivity index (χ1n) is 9.48. The van der Waals surface area contributed by atoms with Crippen molar-refractivity contribution in [3.05, 3.63) is 64.7 Å². The number of rotatable bonds is 3. The van der Waals surface area contributed by atoms with Crippen LogP contribution < -0.4 is 10.6 Å². The number of primary amides is 1. The van der Waals surface area contributed by atoms with Crippen LogP contribution in [-0.2, 0) is 12.8 Å². The standard InChI is InChI=1S/C22H26N2O/c23-22(25)20-11-10-19(24-12-4-1-5-13-24)15-21(20)18-9-8-16-6-2-3-7-17(16)14-18/h2-3,6-7,10-11,15,18H,1,4-5,8-9,12-14H2,(H2,23,25). The van der Waals surface area contributed by atoms with E-state index in [0.29, 0.717) is 11.5 Å². The number of anilines is 1. The number of carbonyl (C=O) groups is 1. The van der Waals surface area contributed by atoms with Gasteiger partial charge in [0, 0.05) is 24.3 Å². The highest BCUT2D eigenvalue weighted by atomic mass is 16.1. The highest BCUT2D eigenvalue weighted by molar-refractivity contribution is 5.95. The summed E-state index contributed by atoms with van der Waals surface area (Å²) in [6.07, 6.45) is 6.99. The molecule has 1 saturated heterocycles. The monoisotopic (exact) mass is 334 g/mol. The van der Waals surface area contributed by atoms with Gasteiger partial charge in [0.25, 0.3) is 0 Å². The lowest BCUT2D eigenvalue weighted by Gasteiger charge is -2.31. The van der Waals surface area contributed by atoms with E-state index in [1.807, 2.05) is 6.07 Å². The van der Waals surface area contributed by atoms with Crippen molar-refractivity contribution in [1.82, 2.24) is 0 Å². The van der Waals surface area contributed by atoms with Gasteiger partial charge in [-0.15, -0.1) is 0 Å². The molecule has 4 rings (SSSR count). The van der Waals surface area contributed by atoms with E-state index in [4.69, 9.17) is 5.73 Å². The lowest BCUT2D eigenvalue weighted by Crippen LogP contribution is -2.30. The number of fused-ring (bicyclic) bond motifs is 1. The summed E-state index contributed by atoms with van der Waals surface area (Å²) in [6.45, 7) is 2.23. The van der Waals surface area contributed by atoms with E-state index >= 15 is 0 Å². The number of hydrogen-bond acceptors (Lipinski definition) is 2. The lowest BCUT2D eigenvalue weighted by molar-refractivity contribution is 0.0999. The zero-order chi connectivity index (χ0) is 17.2. The molecule has 3 nitrogen and oxygen atoms in total. The number of nitrogens with two attached hydrogens (primary N) is 1. The second kappa shape index (κ2) is 6.91. The average Bonchev–Trinajstić information content (AvgIpc) is 2.67. The first-order chi connectivity index (χ1) is 12.2. The molecule has 1 unspecified atom stereocenters. The fourth-order valence-electron chi connectivity index (χ4n) is 4.42. The topological polar surface area (TPSA) is 46.3 Å². The summed E-state index contributed by atoms with van der Waals surface area (Å²) in [5.41, 5.74) is 11.6. The van der Waals surface area contributed by atoms with Gasteiger partial charge in [-0.05, 0) is 79.3 Å². The van der Waals surface area contributed by atoms with E-state index in [1.165, 1.54) is 36.1 Å². The number of hydrogen-bond donors (Lipinski definition) is 1. The van der Waals surface area contributed by atoms with Gasteiger partial charge < -0.3 is 10.6 Å². The van der Waals surface area contributed by atoms with Crippen LogP contribution in [0.5, 0.6) is 0 Å². The molecule has 2 aromatic rings. The van der Waals surface area contributed by atoms with Gasteiger partial charge in [-0.2, -0.15) is 0 Å². The Balaban J connectivity index is 1.68. The number of nitrogens with zero attached hydrogens (tertiary/aromatic N) is 1. The highest BCUT2D eigenvalue weighted by Crippen LogP contribution is 2.36. The van der Waals surface area contributed by atoms with Crippen molar-refractivity contribution in [3.8, 4) is 0 Å². The van der Waals surface area contributed by atoms with Crippen LogP contribution in [0.15, 0.2) is 42.5 Å². The summed E-state index contributed by atoms with van der Waals surface area (Å²) in [5, 5.41) is 0. The fourth-order valence-corrected chi connectivity index (χ4v) is 4.42. The SMILES string of the molecule is NC(=O)c1ccc(N2CCCCC2)cc1C1CCc2ccccc2C1. The van der Waals surface area contributed by atoms with Crippen LogP contribution in [0.3, 0.4) is 0 Å². The maximum Gasteiger partial charge on any atom is 0.248 e. The molecule has 2 aliphatic rings. The normalized spacial score (nSPS) is 20.2.